The van der Waals surface area contributed by atoms with Crippen LogP contribution in [0.5, 0.6) is 0 Å². The van der Waals surface area contributed by atoms with E-state index >= 15 is 0 Å². The van der Waals surface area contributed by atoms with Gasteiger partial charge in [0.05, 0.1) is 17.8 Å². The standard InChI is InChI=1S/C24H28N4S/c1-15(2)27-17(4)14-20(18(27)5)23-22(21-8-6-7-13-25-21)26-24(29)28(23)19-11-9-16(3)10-12-19/h6-15,22-23H,1-5H3,(H,26,29)/t22-,23-/m0/s1. The Morgan fingerprint density at radius 3 is 2.34 bits per heavy atom. The molecule has 0 saturated carbocycles. The normalized spacial score (nSPS) is 19.1. The van der Waals surface area contributed by atoms with Crippen LogP contribution in [0.3, 0.4) is 0 Å². The van der Waals surface area contributed by atoms with Gasteiger partial charge in [0.1, 0.15) is 0 Å². The topological polar surface area (TPSA) is 33.1 Å². The molecule has 1 fully saturated rings. The highest BCUT2D eigenvalue weighted by Crippen LogP contribution is 2.43. The Hall–Kier alpha value is -2.66. The number of rotatable bonds is 4. The third-order valence-corrected chi connectivity index (χ3v) is 6.08. The van der Waals surface area contributed by atoms with E-state index in [4.69, 9.17) is 12.2 Å². The van der Waals surface area contributed by atoms with Crippen molar-refractivity contribution < 1.29 is 0 Å². The van der Waals surface area contributed by atoms with Crippen molar-refractivity contribution in [3.8, 4) is 0 Å². The van der Waals surface area contributed by atoms with Gasteiger partial charge in [0.25, 0.3) is 0 Å². The summed E-state index contributed by atoms with van der Waals surface area (Å²) >= 11 is 5.82. The van der Waals surface area contributed by atoms with Crippen molar-refractivity contribution in [2.45, 2.75) is 52.7 Å². The van der Waals surface area contributed by atoms with Crippen molar-refractivity contribution in [3.63, 3.8) is 0 Å². The van der Waals surface area contributed by atoms with Crippen LogP contribution < -0.4 is 10.2 Å². The van der Waals surface area contributed by atoms with Gasteiger partial charge in [-0.15, -0.1) is 0 Å². The molecular weight excluding hydrogens is 376 g/mol. The first-order valence-corrected chi connectivity index (χ1v) is 10.5. The molecule has 0 unspecified atom stereocenters. The molecule has 3 aromatic rings. The second-order valence-corrected chi connectivity index (χ2v) is 8.51. The summed E-state index contributed by atoms with van der Waals surface area (Å²) < 4.78 is 2.40. The van der Waals surface area contributed by atoms with E-state index in [1.165, 1.54) is 22.5 Å². The van der Waals surface area contributed by atoms with E-state index in [-0.39, 0.29) is 12.1 Å². The van der Waals surface area contributed by atoms with E-state index in [0.717, 1.165) is 16.5 Å². The quantitative estimate of drug-likeness (QED) is 0.577. The average Bonchev–Trinajstić information content (AvgIpc) is 3.19. The van der Waals surface area contributed by atoms with Gasteiger partial charge >= 0.3 is 0 Å². The van der Waals surface area contributed by atoms with Crippen LogP contribution in [0.25, 0.3) is 0 Å². The fourth-order valence-corrected chi connectivity index (χ4v) is 4.90. The van der Waals surface area contributed by atoms with E-state index in [1.807, 2.05) is 18.3 Å². The molecule has 150 valence electrons. The van der Waals surface area contributed by atoms with Gasteiger partial charge in [-0.3, -0.25) is 4.98 Å². The second kappa shape index (κ2) is 7.64. The zero-order chi connectivity index (χ0) is 20.7. The molecule has 1 aliphatic rings. The van der Waals surface area contributed by atoms with Gasteiger partial charge in [-0.05, 0) is 82.7 Å². The minimum Gasteiger partial charge on any atom is -0.351 e. The SMILES string of the molecule is Cc1ccc(N2C(=S)N[C@@H](c3ccccn3)[C@@H]2c2cc(C)n(C(C)C)c2C)cc1. The Morgan fingerprint density at radius 1 is 1.03 bits per heavy atom. The third kappa shape index (κ3) is 3.44. The van der Waals surface area contributed by atoms with Gasteiger partial charge < -0.3 is 14.8 Å². The molecule has 4 nitrogen and oxygen atoms in total. The van der Waals surface area contributed by atoms with E-state index in [2.05, 4.69) is 90.8 Å². The van der Waals surface area contributed by atoms with Crippen molar-refractivity contribution in [1.29, 1.82) is 0 Å². The first-order chi connectivity index (χ1) is 13.9. The highest BCUT2D eigenvalue weighted by atomic mass is 32.1. The molecule has 4 rings (SSSR count). The van der Waals surface area contributed by atoms with Gasteiger partial charge in [-0.1, -0.05) is 23.8 Å². The molecule has 0 aliphatic carbocycles. The lowest BCUT2D eigenvalue weighted by molar-refractivity contribution is 0.547. The summed E-state index contributed by atoms with van der Waals surface area (Å²) in [6.45, 7) is 11.0. The molecule has 3 heterocycles. The van der Waals surface area contributed by atoms with Gasteiger partial charge in [-0.2, -0.15) is 0 Å². The first kappa shape index (κ1) is 19.6. The number of hydrogen-bond donors (Lipinski definition) is 1. The summed E-state index contributed by atoms with van der Waals surface area (Å²) in [6.07, 6.45) is 1.85. The Balaban J connectivity index is 1.88. The number of aromatic nitrogens is 2. The van der Waals surface area contributed by atoms with Crippen LogP contribution in [0.15, 0.2) is 54.7 Å². The summed E-state index contributed by atoms with van der Waals surface area (Å²) in [5.74, 6) is 0. The maximum absolute atomic E-state index is 5.82. The van der Waals surface area contributed by atoms with Crippen LogP contribution >= 0.6 is 12.2 Å². The van der Waals surface area contributed by atoms with Gasteiger partial charge in [-0.25, -0.2) is 0 Å². The number of anilines is 1. The monoisotopic (exact) mass is 404 g/mol. The molecule has 1 aromatic carbocycles. The third-order valence-electron chi connectivity index (χ3n) is 5.77. The number of nitrogens with one attached hydrogen (secondary N) is 1. The second-order valence-electron chi connectivity index (χ2n) is 8.12. The molecule has 2 aromatic heterocycles. The smallest absolute Gasteiger partial charge is 0.174 e. The zero-order valence-corrected chi connectivity index (χ0v) is 18.5. The Bertz CT molecular complexity index is 1020. The van der Waals surface area contributed by atoms with Crippen molar-refractivity contribution in [3.05, 3.63) is 82.9 Å². The lowest BCUT2D eigenvalue weighted by Crippen LogP contribution is -2.29. The molecule has 1 saturated heterocycles. The minimum absolute atomic E-state index is 0.00823. The zero-order valence-electron chi connectivity index (χ0n) is 17.7. The summed E-state index contributed by atoms with van der Waals surface area (Å²) in [5, 5.41) is 4.29. The van der Waals surface area contributed by atoms with Gasteiger partial charge in [0.15, 0.2) is 5.11 Å². The predicted octanol–water partition coefficient (Wildman–Crippen LogP) is 5.57. The highest BCUT2D eigenvalue weighted by Gasteiger charge is 2.42. The number of thiocarbonyl (C=S) groups is 1. The molecule has 0 bridgehead atoms. The number of nitrogens with zero attached hydrogens (tertiary/aromatic N) is 3. The summed E-state index contributed by atoms with van der Waals surface area (Å²) in [7, 11) is 0. The van der Waals surface area contributed by atoms with Crippen molar-refractivity contribution in [2.24, 2.45) is 0 Å². The van der Waals surface area contributed by atoms with E-state index in [1.54, 1.807) is 0 Å². The largest absolute Gasteiger partial charge is 0.351 e. The average molecular weight is 405 g/mol. The molecule has 0 spiro atoms. The summed E-state index contributed by atoms with van der Waals surface area (Å²) in [5.41, 5.74) is 7.19. The molecule has 1 N–H and O–H groups in total. The van der Waals surface area contributed by atoms with E-state index in [9.17, 15) is 0 Å². The van der Waals surface area contributed by atoms with Gasteiger partial charge in [0.2, 0.25) is 0 Å². The van der Waals surface area contributed by atoms with Crippen LogP contribution in [-0.4, -0.2) is 14.7 Å². The summed E-state index contributed by atoms with van der Waals surface area (Å²) in [6, 6.07) is 17.4. The molecular formula is C24H28N4S. The number of aryl methyl sites for hydroxylation is 2. The number of hydrogen-bond acceptors (Lipinski definition) is 2. The molecule has 29 heavy (non-hydrogen) atoms. The molecule has 5 heteroatoms. The minimum atomic E-state index is -0.00823. The predicted molar refractivity (Wildman–Crippen MR) is 123 cm³/mol. The fraction of sp³-hybridized carbons (Fsp3) is 0.333. The molecule has 1 aliphatic heterocycles. The maximum Gasteiger partial charge on any atom is 0.174 e. The number of benzene rings is 1. The Morgan fingerprint density at radius 2 is 1.76 bits per heavy atom. The van der Waals surface area contributed by atoms with Crippen molar-refractivity contribution >= 4 is 23.0 Å². The van der Waals surface area contributed by atoms with Crippen LogP contribution in [0.4, 0.5) is 5.69 Å². The maximum atomic E-state index is 5.82. The highest BCUT2D eigenvalue weighted by molar-refractivity contribution is 7.80. The van der Waals surface area contributed by atoms with Crippen molar-refractivity contribution in [2.75, 3.05) is 4.90 Å². The van der Waals surface area contributed by atoms with Crippen LogP contribution in [-0.2, 0) is 0 Å². The first-order valence-electron chi connectivity index (χ1n) is 10.1. The van der Waals surface area contributed by atoms with E-state index in [0.29, 0.717) is 6.04 Å². The molecule has 0 amide bonds. The van der Waals surface area contributed by atoms with Crippen LogP contribution in [0, 0.1) is 20.8 Å². The van der Waals surface area contributed by atoms with Crippen LogP contribution in [0.2, 0.25) is 0 Å². The molecule has 2 atom stereocenters. The van der Waals surface area contributed by atoms with Crippen LogP contribution in [0.1, 0.15) is 60.2 Å². The summed E-state index contributed by atoms with van der Waals surface area (Å²) in [4.78, 5) is 6.90. The van der Waals surface area contributed by atoms with E-state index < -0.39 is 0 Å². The molecule has 0 radical (unpaired) electrons. The Kier molecular flexibility index (Phi) is 5.17. The fourth-order valence-electron chi connectivity index (χ4n) is 4.55. The van der Waals surface area contributed by atoms with Crippen molar-refractivity contribution in [1.82, 2.24) is 14.9 Å². The Labute approximate surface area is 178 Å². The lowest BCUT2D eigenvalue weighted by atomic mass is 9.96. The number of pyridine rings is 1. The van der Waals surface area contributed by atoms with Gasteiger partial charge in [0, 0.05) is 29.3 Å². The lowest BCUT2D eigenvalue weighted by Gasteiger charge is -2.28.